The highest BCUT2D eigenvalue weighted by molar-refractivity contribution is 9.10. The molecular weight excluding hydrogens is 318 g/mol. The van der Waals surface area contributed by atoms with E-state index in [0.29, 0.717) is 10.5 Å². The summed E-state index contributed by atoms with van der Waals surface area (Å²) in [6.45, 7) is 4.59. The molecule has 1 aromatic rings. The molecule has 2 rings (SSSR count). The number of hydrogen-bond acceptors (Lipinski definition) is 4. The molecule has 6 heteroatoms. The quantitative estimate of drug-likeness (QED) is 0.902. The lowest BCUT2D eigenvalue weighted by Gasteiger charge is -2.34. The van der Waals surface area contributed by atoms with Gasteiger partial charge in [0, 0.05) is 28.6 Å². The topological polar surface area (TPSA) is 43.8 Å². The summed E-state index contributed by atoms with van der Waals surface area (Å²) in [5.41, 5.74) is 7.50. The number of nitrogens with two attached hydrogens (primary N) is 1. The van der Waals surface area contributed by atoms with Crippen LogP contribution in [-0.4, -0.2) is 31.3 Å². The van der Waals surface area contributed by atoms with Gasteiger partial charge in [0.1, 0.15) is 0 Å². The molecule has 0 amide bonds. The Morgan fingerprint density at radius 2 is 2.24 bits per heavy atom. The maximum atomic E-state index is 6.40. The summed E-state index contributed by atoms with van der Waals surface area (Å²) >= 11 is 7.57. The number of halogens is 1. The third-order valence-corrected chi connectivity index (χ3v) is 7.35. The van der Waals surface area contributed by atoms with Crippen molar-refractivity contribution in [2.45, 2.75) is 35.6 Å². The van der Waals surface area contributed by atoms with Crippen LogP contribution in [0.1, 0.15) is 25.6 Å². The fourth-order valence-corrected chi connectivity index (χ4v) is 5.60. The average molecular weight is 336 g/mol. The van der Waals surface area contributed by atoms with Gasteiger partial charge >= 0.3 is 0 Å². The fraction of sp³-hybridized carbons (Fsp3) is 0.727. The minimum Gasteiger partial charge on any atom is -0.322 e. The molecule has 4 unspecified atom stereocenters. The third-order valence-electron chi connectivity index (χ3n) is 3.23. The first kappa shape index (κ1) is 13.8. The number of thioether (sulfide) groups is 2. The Balaban J connectivity index is 2.13. The fourth-order valence-electron chi connectivity index (χ4n) is 1.97. The molecule has 2 heterocycles. The number of hydrogen-bond donors (Lipinski definition) is 1. The zero-order valence-corrected chi connectivity index (χ0v) is 13.5. The highest BCUT2D eigenvalue weighted by Gasteiger charge is 2.32. The van der Waals surface area contributed by atoms with Gasteiger partial charge in [0.25, 0.3) is 0 Å². The second-order valence-corrected chi connectivity index (χ2v) is 8.33. The zero-order valence-electron chi connectivity index (χ0n) is 10.3. The summed E-state index contributed by atoms with van der Waals surface area (Å²) in [5, 5.41) is 6.09. The Kier molecular flexibility index (Phi) is 4.50. The van der Waals surface area contributed by atoms with Crippen LogP contribution in [-0.2, 0) is 7.05 Å². The SMILES string of the molecule is CC1SCC(C(N)c2c(Br)cnn2C)SC1C. The summed E-state index contributed by atoms with van der Waals surface area (Å²) in [6.07, 6.45) is 1.82. The van der Waals surface area contributed by atoms with Crippen molar-refractivity contribution < 1.29 is 0 Å². The van der Waals surface area contributed by atoms with E-state index in [1.165, 1.54) is 0 Å². The monoisotopic (exact) mass is 335 g/mol. The van der Waals surface area contributed by atoms with Crippen LogP contribution >= 0.6 is 39.5 Å². The van der Waals surface area contributed by atoms with Crippen molar-refractivity contribution in [3.63, 3.8) is 0 Å². The Morgan fingerprint density at radius 1 is 1.53 bits per heavy atom. The van der Waals surface area contributed by atoms with E-state index in [0.717, 1.165) is 21.2 Å². The lowest BCUT2D eigenvalue weighted by atomic mass is 10.1. The number of nitrogens with zero attached hydrogens (tertiary/aromatic N) is 2. The first-order chi connectivity index (χ1) is 8.00. The number of rotatable bonds is 2. The van der Waals surface area contributed by atoms with Crippen molar-refractivity contribution in [2.75, 3.05) is 5.75 Å². The van der Waals surface area contributed by atoms with Gasteiger partial charge in [0.2, 0.25) is 0 Å². The molecule has 1 saturated heterocycles. The Bertz CT molecular complexity index is 377. The molecule has 17 heavy (non-hydrogen) atoms. The van der Waals surface area contributed by atoms with Crippen molar-refractivity contribution in [3.05, 3.63) is 16.4 Å². The lowest BCUT2D eigenvalue weighted by Crippen LogP contribution is -2.35. The van der Waals surface area contributed by atoms with Crippen LogP contribution in [0.4, 0.5) is 0 Å². The molecule has 2 N–H and O–H groups in total. The van der Waals surface area contributed by atoms with E-state index in [2.05, 4.69) is 34.9 Å². The predicted octanol–water partition coefficient (Wildman–Crippen LogP) is 2.81. The van der Waals surface area contributed by atoms with Crippen LogP contribution < -0.4 is 5.73 Å². The molecule has 0 aromatic carbocycles. The zero-order chi connectivity index (χ0) is 12.6. The van der Waals surface area contributed by atoms with Gasteiger partial charge < -0.3 is 5.73 Å². The molecule has 1 fully saturated rings. The highest BCUT2D eigenvalue weighted by atomic mass is 79.9. The van der Waals surface area contributed by atoms with Crippen molar-refractivity contribution in [2.24, 2.45) is 12.8 Å². The predicted molar refractivity (Wildman–Crippen MR) is 80.6 cm³/mol. The minimum absolute atomic E-state index is 0.0457. The van der Waals surface area contributed by atoms with E-state index in [-0.39, 0.29) is 6.04 Å². The lowest BCUT2D eigenvalue weighted by molar-refractivity contribution is 0.611. The second kappa shape index (κ2) is 5.55. The van der Waals surface area contributed by atoms with E-state index in [1.807, 2.05) is 41.5 Å². The van der Waals surface area contributed by atoms with Gasteiger partial charge in [0.15, 0.2) is 0 Å². The first-order valence-electron chi connectivity index (χ1n) is 5.70. The first-order valence-corrected chi connectivity index (χ1v) is 8.49. The molecule has 0 radical (unpaired) electrons. The smallest absolute Gasteiger partial charge is 0.0701 e. The van der Waals surface area contributed by atoms with Gasteiger partial charge in [-0.2, -0.15) is 28.6 Å². The molecule has 1 aliphatic rings. The highest BCUT2D eigenvalue weighted by Crippen LogP contribution is 2.41. The molecule has 0 bridgehead atoms. The Hall–Kier alpha value is 0.350. The number of aromatic nitrogens is 2. The van der Waals surface area contributed by atoms with Crippen LogP contribution in [0.15, 0.2) is 10.7 Å². The molecule has 0 spiro atoms. The number of aryl methyl sites for hydroxylation is 1. The van der Waals surface area contributed by atoms with Crippen LogP contribution in [0.25, 0.3) is 0 Å². The second-order valence-electron chi connectivity index (χ2n) is 4.45. The van der Waals surface area contributed by atoms with E-state index in [9.17, 15) is 0 Å². The van der Waals surface area contributed by atoms with Crippen LogP contribution in [0.5, 0.6) is 0 Å². The third kappa shape index (κ3) is 2.85. The molecule has 96 valence electrons. The molecule has 0 aliphatic carbocycles. The standard InChI is InChI=1S/C11H18BrN3S2/c1-6-7(2)17-9(5-16-6)10(13)11-8(12)4-14-15(11)3/h4,6-7,9-10H,5,13H2,1-3H3. The van der Waals surface area contributed by atoms with Gasteiger partial charge in [-0.15, -0.1) is 0 Å². The molecule has 0 saturated carbocycles. The van der Waals surface area contributed by atoms with Gasteiger partial charge in [-0.1, -0.05) is 13.8 Å². The summed E-state index contributed by atoms with van der Waals surface area (Å²) < 4.78 is 2.90. The summed E-state index contributed by atoms with van der Waals surface area (Å²) in [6, 6.07) is 0.0457. The van der Waals surface area contributed by atoms with Gasteiger partial charge in [-0.3, -0.25) is 4.68 Å². The molecular formula is C11H18BrN3S2. The Morgan fingerprint density at radius 3 is 2.76 bits per heavy atom. The molecule has 1 aliphatic heterocycles. The Labute approximate surface area is 119 Å². The van der Waals surface area contributed by atoms with E-state index in [4.69, 9.17) is 5.73 Å². The largest absolute Gasteiger partial charge is 0.322 e. The maximum absolute atomic E-state index is 6.40. The summed E-state index contributed by atoms with van der Waals surface area (Å²) in [4.78, 5) is 0. The minimum atomic E-state index is 0.0457. The van der Waals surface area contributed by atoms with Gasteiger partial charge in [0.05, 0.1) is 22.4 Å². The van der Waals surface area contributed by atoms with Crippen LogP contribution in [0.3, 0.4) is 0 Å². The van der Waals surface area contributed by atoms with E-state index in [1.54, 1.807) is 0 Å². The van der Waals surface area contributed by atoms with Crippen molar-refractivity contribution in [1.82, 2.24) is 9.78 Å². The van der Waals surface area contributed by atoms with Crippen molar-refractivity contribution in [3.8, 4) is 0 Å². The molecule has 3 nitrogen and oxygen atoms in total. The average Bonchev–Trinajstić information content (AvgIpc) is 2.62. The summed E-state index contributed by atoms with van der Waals surface area (Å²) in [5.74, 6) is 1.12. The summed E-state index contributed by atoms with van der Waals surface area (Å²) in [7, 11) is 1.95. The van der Waals surface area contributed by atoms with Gasteiger partial charge in [-0.05, 0) is 15.9 Å². The molecule has 4 atom stereocenters. The van der Waals surface area contributed by atoms with Crippen LogP contribution in [0.2, 0.25) is 0 Å². The van der Waals surface area contributed by atoms with Crippen molar-refractivity contribution >= 4 is 39.5 Å². The van der Waals surface area contributed by atoms with Crippen LogP contribution in [0, 0.1) is 0 Å². The maximum Gasteiger partial charge on any atom is 0.0701 e. The molecule has 1 aromatic heterocycles. The van der Waals surface area contributed by atoms with Crippen molar-refractivity contribution in [1.29, 1.82) is 0 Å². The van der Waals surface area contributed by atoms with E-state index >= 15 is 0 Å². The van der Waals surface area contributed by atoms with Gasteiger partial charge in [-0.25, -0.2) is 0 Å². The normalized spacial score (nSPS) is 31.5. The van der Waals surface area contributed by atoms with E-state index < -0.39 is 0 Å².